The number of rotatable bonds is 6. The average molecular weight is 358 g/mol. The van der Waals surface area contributed by atoms with Crippen LogP contribution >= 0.6 is 11.8 Å². The highest BCUT2D eigenvalue weighted by atomic mass is 32.2. The Hall–Kier alpha value is -2.18. The number of aromatic nitrogens is 2. The first-order valence-electron chi connectivity index (χ1n) is 7.98. The van der Waals surface area contributed by atoms with Crippen molar-refractivity contribution in [2.45, 2.75) is 23.9 Å². The number of hydrogen-bond donors (Lipinski definition) is 0. The van der Waals surface area contributed by atoms with Crippen LogP contribution in [0.4, 0.5) is 4.39 Å². The Balaban J connectivity index is 2.04. The minimum Gasteiger partial charge on any atom is -0.383 e. The van der Waals surface area contributed by atoms with E-state index in [2.05, 4.69) is 4.98 Å². The summed E-state index contributed by atoms with van der Waals surface area (Å²) in [5.74, 6) is 0.145. The van der Waals surface area contributed by atoms with Crippen molar-refractivity contribution in [1.82, 2.24) is 9.55 Å². The number of ether oxygens (including phenoxy) is 1. The van der Waals surface area contributed by atoms with Crippen LogP contribution in [0.25, 0.3) is 10.9 Å². The molecule has 1 aromatic heterocycles. The van der Waals surface area contributed by atoms with Gasteiger partial charge < -0.3 is 4.74 Å². The molecule has 130 valence electrons. The summed E-state index contributed by atoms with van der Waals surface area (Å²) >= 11 is 1.35. The van der Waals surface area contributed by atoms with E-state index in [4.69, 9.17) is 4.74 Å². The molecule has 0 unspecified atom stereocenters. The van der Waals surface area contributed by atoms with Gasteiger partial charge in [-0.05, 0) is 30.7 Å². The predicted octanol–water partition coefficient (Wildman–Crippen LogP) is 4.04. The van der Waals surface area contributed by atoms with Gasteiger partial charge in [-0.1, -0.05) is 42.1 Å². The van der Waals surface area contributed by atoms with E-state index in [0.717, 1.165) is 0 Å². The standard InChI is InChI=1S/C19H19FN2O2S/c1-13(11-24-2)22-18(23)15-8-4-6-10-17(15)21-19(22)25-12-14-7-3-5-9-16(14)20/h3-10,13H,11-12H2,1-2H3/t13-/m1/s1. The van der Waals surface area contributed by atoms with Crippen LogP contribution in [0.15, 0.2) is 58.5 Å². The summed E-state index contributed by atoms with van der Waals surface area (Å²) in [4.78, 5) is 17.6. The predicted molar refractivity (Wildman–Crippen MR) is 98.6 cm³/mol. The highest BCUT2D eigenvalue weighted by Gasteiger charge is 2.17. The lowest BCUT2D eigenvalue weighted by molar-refractivity contribution is 0.156. The maximum Gasteiger partial charge on any atom is 0.262 e. The summed E-state index contributed by atoms with van der Waals surface area (Å²) in [6.45, 7) is 2.31. The van der Waals surface area contributed by atoms with Gasteiger partial charge in [0.1, 0.15) is 5.82 Å². The maximum absolute atomic E-state index is 13.9. The van der Waals surface area contributed by atoms with Crippen molar-refractivity contribution in [1.29, 1.82) is 0 Å². The van der Waals surface area contributed by atoms with Crippen molar-refractivity contribution < 1.29 is 9.13 Å². The second-order valence-electron chi connectivity index (χ2n) is 5.77. The summed E-state index contributed by atoms with van der Waals surface area (Å²) in [7, 11) is 1.60. The first kappa shape index (κ1) is 17.6. The minimum absolute atomic E-state index is 0.105. The van der Waals surface area contributed by atoms with Crippen molar-refractivity contribution in [2.75, 3.05) is 13.7 Å². The molecule has 25 heavy (non-hydrogen) atoms. The van der Waals surface area contributed by atoms with Crippen LogP contribution in [0.1, 0.15) is 18.5 Å². The van der Waals surface area contributed by atoms with Crippen LogP contribution in [-0.4, -0.2) is 23.3 Å². The third-order valence-corrected chi connectivity index (χ3v) is 4.94. The summed E-state index contributed by atoms with van der Waals surface area (Å²) in [6, 6.07) is 13.7. The summed E-state index contributed by atoms with van der Waals surface area (Å²) in [6.07, 6.45) is 0. The molecule has 0 spiro atoms. The van der Waals surface area contributed by atoms with Crippen molar-refractivity contribution in [3.8, 4) is 0 Å². The average Bonchev–Trinajstić information content (AvgIpc) is 2.61. The van der Waals surface area contributed by atoms with Gasteiger partial charge in [-0.3, -0.25) is 9.36 Å². The van der Waals surface area contributed by atoms with E-state index in [1.54, 1.807) is 35.9 Å². The Morgan fingerprint density at radius 3 is 2.68 bits per heavy atom. The van der Waals surface area contributed by atoms with E-state index >= 15 is 0 Å². The van der Waals surface area contributed by atoms with E-state index in [0.29, 0.717) is 34.0 Å². The van der Waals surface area contributed by atoms with Gasteiger partial charge >= 0.3 is 0 Å². The second kappa shape index (κ2) is 7.80. The fourth-order valence-electron chi connectivity index (χ4n) is 2.69. The molecule has 4 nitrogen and oxygen atoms in total. The minimum atomic E-state index is -0.255. The molecule has 6 heteroatoms. The number of fused-ring (bicyclic) bond motifs is 1. The molecular weight excluding hydrogens is 339 g/mol. The van der Waals surface area contributed by atoms with Gasteiger partial charge in [0.25, 0.3) is 5.56 Å². The largest absolute Gasteiger partial charge is 0.383 e. The van der Waals surface area contributed by atoms with Crippen LogP contribution in [-0.2, 0) is 10.5 Å². The van der Waals surface area contributed by atoms with Gasteiger partial charge in [0.15, 0.2) is 5.16 Å². The number of benzene rings is 2. The van der Waals surface area contributed by atoms with Gasteiger partial charge in [-0.25, -0.2) is 9.37 Å². The molecule has 1 atom stereocenters. The molecule has 2 aromatic carbocycles. The number of nitrogens with zero attached hydrogens (tertiary/aromatic N) is 2. The molecule has 0 N–H and O–H groups in total. The Labute approximate surface area is 149 Å². The van der Waals surface area contributed by atoms with E-state index in [9.17, 15) is 9.18 Å². The van der Waals surface area contributed by atoms with Crippen LogP contribution in [0.2, 0.25) is 0 Å². The molecule has 0 radical (unpaired) electrons. The Morgan fingerprint density at radius 2 is 1.92 bits per heavy atom. The lowest BCUT2D eigenvalue weighted by Crippen LogP contribution is -2.28. The third-order valence-electron chi connectivity index (χ3n) is 3.94. The smallest absolute Gasteiger partial charge is 0.262 e. The number of hydrogen-bond acceptors (Lipinski definition) is 4. The maximum atomic E-state index is 13.9. The van der Waals surface area contributed by atoms with Crippen LogP contribution in [0, 0.1) is 5.82 Å². The Morgan fingerprint density at radius 1 is 1.20 bits per heavy atom. The highest BCUT2D eigenvalue weighted by molar-refractivity contribution is 7.98. The van der Waals surface area contributed by atoms with Gasteiger partial charge in [0.05, 0.1) is 23.6 Å². The van der Waals surface area contributed by atoms with Crippen LogP contribution in [0.5, 0.6) is 0 Å². The topological polar surface area (TPSA) is 44.1 Å². The molecule has 0 saturated heterocycles. The lowest BCUT2D eigenvalue weighted by atomic mass is 10.2. The van der Waals surface area contributed by atoms with Gasteiger partial charge in [0.2, 0.25) is 0 Å². The molecule has 0 aliphatic carbocycles. The van der Waals surface area contributed by atoms with E-state index < -0.39 is 0 Å². The Kier molecular flexibility index (Phi) is 5.50. The first-order valence-corrected chi connectivity index (χ1v) is 8.96. The molecule has 0 bridgehead atoms. The lowest BCUT2D eigenvalue weighted by Gasteiger charge is -2.19. The zero-order valence-corrected chi connectivity index (χ0v) is 14.9. The molecule has 3 rings (SSSR count). The number of halogens is 1. The first-order chi connectivity index (χ1) is 12.1. The second-order valence-corrected chi connectivity index (χ2v) is 6.71. The zero-order chi connectivity index (χ0) is 17.8. The number of methoxy groups -OCH3 is 1. The monoisotopic (exact) mass is 358 g/mol. The summed E-state index contributed by atoms with van der Waals surface area (Å²) < 4.78 is 20.7. The highest BCUT2D eigenvalue weighted by Crippen LogP contribution is 2.25. The molecule has 0 aliphatic rings. The van der Waals surface area contributed by atoms with Gasteiger partial charge in [-0.2, -0.15) is 0 Å². The van der Waals surface area contributed by atoms with Crippen molar-refractivity contribution in [2.24, 2.45) is 0 Å². The third kappa shape index (κ3) is 3.75. The quantitative estimate of drug-likeness (QED) is 0.493. The van der Waals surface area contributed by atoms with E-state index in [1.807, 2.05) is 25.1 Å². The number of thioether (sulfide) groups is 1. The van der Waals surface area contributed by atoms with Gasteiger partial charge in [-0.15, -0.1) is 0 Å². The zero-order valence-electron chi connectivity index (χ0n) is 14.1. The molecule has 0 aliphatic heterocycles. The molecule has 0 saturated carbocycles. The van der Waals surface area contributed by atoms with Gasteiger partial charge in [0, 0.05) is 12.9 Å². The summed E-state index contributed by atoms with van der Waals surface area (Å²) in [5.41, 5.74) is 1.12. The van der Waals surface area contributed by atoms with Crippen LogP contribution < -0.4 is 5.56 Å². The normalized spacial score (nSPS) is 12.4. The molecule has 0 amide bonds. The molecule has 1 heterocycles. The number of para-hydroxylation sites is 1. The fraction of sp³-hybridized carbons (Fsp3) is 0.263. The summed E-state index contributed by atoms with van der Waals surface area (Å²) in [5, 5.41) is 1.14. The molecular formula is C19H19FN2O2S. The fourth-order valence-corrected chi connectivity index (χ4v) is 3.77. The molecule has 0 fully saturated rings. The van der Waals surface area contributed by atoms with Crippen LogP contribution in [0.3, 0.4) is 0 Å². The van der Waals surface area contributed by atoms with Crippen molar-refractivity contribution >= 4 is 22.7 Å². The molecule has 3 aromatic rings. The SMILES string of the molecule is COC[C@@H](C)n1c(SCc2ccccc2F)nc2ccccc2c1=O. The Bertz CT molecular complexity index is 942. The van der Waals surface area contributed by atoms with Crippen molar-refractivity contribution in [3.63, 3.8) is 0 Å². The van der Waals surface area contributed by atoms with E-state index in [1.165, 1.54) is 17.8 Å². The van der Waals surface area contributed by atoms with E-state index in [-0.39, 0.29) is 17.4 Å². The van der Waals surface area contributed by atoms with Crippen molar-refractivity contribution in [3.05, 3.63) is 70.3 Å².